The second-order valence-electron chi connectivity index (χ2n) is 7.57. The van der Waals surface area contributed by atoms with Crippen LogP contribution in [0.4, 0.5) is 0 Å². The number of hydrogen-bond donors (Lipinski definition) is 2. The molecule has 1 fully saturated rings. The standard InChI is InChI=1S/C25H21ClN2O6/c1-33-19-11-20(34-2)18(26)10-17(19)23(30)21-22(15-6-3-7-16(29)9-15)28(25(32)24(21)31)13-14-5-4-8-27-12-14/h3-12,22,29-30H,13H2,1-2H3/b23-21+. The number of aliphatic hydroxyl groups excluding tert-OH is 1. The van der Waals surface area contributed by atoms with Crippen molar-refractivity contribution in [2.24, 2.45) is 0 Å². The summed E-state index contributed by atoms with van der Waals surface area (Å²) in [6.45, 7) is 0.0655. The van der Waals surface area contributed by atoms with Crippen LogP contribution in [0.3, 0.4) is 0 Å². The Hall–Kier alpha value is -4.04. The number of aromatic hydroxyl groups is 1. The summed E-state index contributed by atoms with van der Waals surface area (Å²) in [6, 6.07) is 11.6. The summed E-state index contributed by atoms with van der Waals surface area (Å²) in [7, 11) is 2.83. The Morgan fingerprint density at radius 1 is 1.09 bits per heavy atom. The number of methoxy groups -OCH3 is 2. The van der Waals surface area contributed by atoms with Crippen molar-refractivity contribution in [3.8, 4) is 17.2 Å². The first kappa shape index (κ1) is 23.1. The van der Waals surface area contributed by atoms with Gasteiger partial charge in [0, 0.05) is 25.0 Å². The summed E-state index contributed by atoms with van der Waals surface area (Å²) in [6.07, 6.45) is 3.19. The van der Waals surface area contributed by atoms with Crippen molar-refractivity contribution in [2.75, 3.05) is 14.2 Å². The van der Waals surface area contributed by atoms with E-state index in [0.717, 1.165) is 0 Å². The van der Waals surface area contributed by atoms with Gasteiger partial charge in [0.2, 0.25) is 0 Å². The Balaban J connectivity index is 1.92. The number of aromatic nitrogens is 1. The number of pyridine rings is 1. The van der Waals surface area contributed by atoms with E-state index in [0.29, 0.717) is 16.9 Å². The van der Waals surface area contributed by atoms with E-state index in [4.69, 9.17) is 21.1 Å². The fraction of sp³-hybridized carbons (Fsp3) is 0.160. The van der Waals surface area contributed by atoms with Gasteiger partial charge in [0.25, 0.3) is 11.7 Å². The second kappa shape index (κ2) is 9.44. The highest BCUT2D eigenvalue weighted by atomic mass is 35.5. The number of carbonyl (C=O) groups excluding carboxylic acids is 2. The maximum Gasteiger partial charge on any atom is 0.295 e. The van der Waals surface area contributed by atoms with Gasteiger partial charge >= 0.3 is 0 Å². The van der Waals surface area contributed by atoms with E-state index in [1.165, 1.54) is 43.4 Å². The van der Waals surface area contributed by atoms with Crippen LogP contribution in [0.1, 0.15) is 22.7 Å². The predicted molar refractivity (Wildman–Crippen MR) is 125 cm³/mol. The number of hydrogen-bond acceptors (Lipinski definition) is 7. The summed E-state index contributed by atoms with van der Waals surface area (Å²) in [4.78, 5) is 31.7. The molecule has 0 spiro atoms. The first-order valence-corrected chi connectivity index (χ1v) is 10.6. The molecule has 1 aliphatic heterocycles. The molecule has 4 rings (SSSR count). The fourth-order valence-electron chi connectivity index (χ4n) is 3.96. The lowest BCUT2D eigenvalue weighted by molar-refractivity contribution is -0.140. The summed E-state index contributed by atoms with van der Waals surface area (Å²) < 4.78 is 10.6. The zero-order valence-electron chi connectivity index (χ0n) is 18.4. The van der Waals surface area contributed by atoms with E-state index >= 15 is 0 Å². The van der Waals surface area contributed by atoms with E-state index in [1.807, 2.05) is 0 Å². The third kappa shape index (κ3) is 4.15. The molecule has 2 N–H and O–H groups in total. The number of amides is 1. The Kier molecular flexibility index (Phi) is 6.43. The van der Waals surface area contributed by atoms with Gasteiger partial charge in [-0.05, 0) is 35.4 Å². The Labute approximate surface area is 200 Å². The number of aliphatic hydroxyl groups is 1. The van der Waals surface area contributed by atoms with Gasteiger partial charge in [-0.3, -0.25) is 14.6 Å². The molecule has 174 valence electrons. The molecule has 34 heavy (non-hydrogen) atoms. The van der Waals surface area contributed by atoms with Gasteiger partial charge in [-0.1, -0.05) is 29.8 Å². The van der Waals surface area contributed by atoms with E-state index in [2.05, 4.69) is 4.98 Å². The number of likely N-dealkylation sites (tertiary alicyclic amines) is 1. The second-order valence-corrected chi connectivity index (χ2v) is 7.98. The van der Waals surface area contributed by atoms with Crippen LogP contribution in [-0.2, 0) is 16.1 Å². The molecule has 1 saturated heterocycles. The van der Waals surface area contributed by atoms with Crippen LogP contribution < -0.4 is 9.47 Å². The molecule has 0 saturated carbocycles. The lowest BCUT2D eigenvalue weighted by atomic mass is 9.94. The number of rotatable bonds is 6. The lowest BCUT2D eigenvalue weighted by Gasteiger charge is -2.25. The zero-order chi connectivity index (χ0) is 24.4. The first-order valence-electron chi connectivity index (χ1n) is 10.2. The van der Waals surface area contributed by atoms with Crippen molar-refractivity contribution in [3.05, 3.63) is 88.2 Å². The minimum Gasteiger partial charge on any atom is -0.508 e. The number of phenolic OH excluding ortho intramolecular Hbond substituents is 1. The SMILES string of the molecule is COc1cc(OC)c(/C(O)=C2\C(=O)C(=O)N(Cc3cccnc3)C2c2cccc(O)c2)cc1Cl. The number of phenols is 1. The molecule has 2 aromatic carbocycles. The van der Waals surface area contributed by atoms with Gasteiger partial charge in [-0.15, -0.1) is 0 Å². The van der Waals surface area contributed by atoms with Crippen LogP contribution in [0.15, 0.2) is 66.5 Å². The van der Waals surface area contributed by atoms with Crippen molar-refractivity contribution < 1.29 is 29.3 Å². The molecule has 2 heterocycles. The highest BCUT2D eigenvalue weighted by Crippen LogP contribution is 2.43. The third-order valence-electron chi connectivity index (χ3n) is 5.53. The maximum atomic E-state index is 13.2. The zero-order valence-corrected chi connectivity index (χ0v) is 19.1. The molecule has 1 atom stereocenters. The Bertz CT molecular complexity index is 1290. The van der Waals surface area contributed by atoms with Gasteiger partial charge in [0.1, 0.15) is 23.0 Å². The summed E-state index contributed by atoms with van der Waals surface area (Å²) >= 11 is 6.27. The van der Waals surface area contributed by atoms with Gasteiger partial charge in [-0.25, -0.2) is 0 Å². The molecule has 1 unspecified atom stereocenters. The van der Waals surface area contributed by atoms with Crippen LogP contribution in [0.5, 0.6) is 17.2 Å². The highest BCUT2D eigenvalue weighted by molar-refractivity contribution is 6.46. The molecule has 3 aromatic rings. The van der Waals surface area contributed by atoms with Crippen LogP contribution in [0.25, 0.3) is 5.76 Å². The molecule has 8 nitrogen and oxygen atoms in total. The van der Waals surface area contributed by atoms with Crippen molar-refractivity contribution >= 4 is 29.1 Å². The van der Waals surface area contributed by atoms with Crippen molar-refractivity contribution in [3.63, 3.8) is 0 Å². The molecular weight excluding hydrogens is 460 g/mol. The van der Waals surface area contributed by atoms with Gasteiger partial charge in [0.05, 0.1) is 36.4 Å². The quantitative estimate of drug-likeness (QED) is 0.311. The van der Waals surface area contributed by atoms with Crippen molar-refractivity contribution in [1.29, 1.82) is 0 Å². The maximum absolute atomic E-state index is 13.2. The summed E-state index contributed by atoms with van der Waals surface area (Å²) in [5, 5.41) is 21.6. The third-order valence-corrected chi connectivity index (χ3v) is 5.83. The minimum absolute atomic E-state index is 0.0467. The summed E-state index contributed by atoms with van der Waals surface area (Å²) in [5.41, 5.74) is 1.11. The number of nitrogens with zero attached hydrogens (tertiary/aromatic N) is 2. The highest BCUT2D eigenvalue weighted by Gasteiger charge is 2.46. The lowest BCUT2D eigenvalue weighted by Crippen LogP contribution is -2.29. The number of benzene rings is 2. The normalized spacial score (nSPS) is 17.1. The van der Waals surface area contributed by atoms with Gasteiger partial charge in [-0.2, -0.15) is 0 Å². The molecule has 0 bridgehead atoms. The van der Waals surface area contributed by atoms with E-state index in [-0.39, 0.29) is 34.2 Å². The average molecular weight is 481 g/mol. The van der Waals surface area contributed by atoms with Crippen LogP contribution in [-0.4, -0.2) is 46.0 Å². The minimum atomic E-state index is -0.974. The molecular formula is C25H21ClN2O6. The number of halogens is 1. The van der Waals surface area contributed by atoms with Gasteiger partial charge < -0.3 is 24.6 Å². The number of carbonyl (C=O) groups is 2. The van der Waals surface area contributed by atoms with E-state index in [1.54, 1.807) is 36.7 Å². The predicted octanol–water partition coefficient (Wildman–Crippen LogP) is 4.08. The van der Waals surface area contributed by atoms with Crippen molar-refractivity contribution in [1.82, 2.24) is 9.88 Å². The topological polar surface area (TPSA) is 109 Å². The number of Topliss-reactive ketones (excluding diaryl/α,β-unsaturated/α-hetero) is 1. The van der Waals surface area contributed by atoms with Crippen LogP contribution in [0.2, 0.25) is 5.02 Å². The van der Waals surface area contributed by atoms with Gasteiger partial charge in [0.15, 0.2) is 0 Å². The first-order chi connectivity index (χ1) is 16.3. The smallest absolute Gasteiger partial charge is 0.295 e. The molecule has 1 amide bonds. The van der Waals surface area contributed by atoms with Crippen molar-refractivity contribution in [2.45, 2.75) is 12.6 Å². The van der Waals surface area contributed by atoms with E-state index < -0.39 is 23.5 Å². The Morgan fingerprint density at radius 3 is 2.50 bits per heavy atom. The van der Waals surface area contributed by atoms with Crippen LogP contribution >= 0.6 is 11.6 Å². The molecule has 9 heteroatoms. The monoisotopic (exact) mass is 480 g/mol. The number of ketones is 1. The summed E-state index contributed by atoms with van der Waals surface area (Å²) in [5.74, 6) is -1.65. The van der Waals surface area contributed by atoms with Crippen LogP contribution in [0, 0.1) is 0 Å². The van der Waals surface area contributed by atoms with E-state index in [9.17, 15) is 19.8 Å². The Morgan fingerprint density at radius 2 is 1.85 bits per heavy atom. The fourth-order valence-corrected chi connectivity index (χ4v) is 4.20. The molecule has 1 aromatic heterocycles. The largest absolute Gasteiger partial charge is 0.508 e. The molecule has 0 aliphatic carbocycles. The number of ether oxygens (including phenoxy) is 2. The molecule has 1 aliphatic rings. The average Bonchev–Trinajstić information content (AvgIpc) is 3.09. The molecule has 0 radical (unpaired) electrons.